The lowest BCUT2D eigenvalue weighted by atomic mass is 9.78. The van der Waals surface area contributed by atoms with E-state index < -0.39 is 5.60 Å². The molecule has 0 unspecified atom stereocenters. The van der Waals surface area contributed by atoms with Crippen molar-refractivity contribution in [2.24, 2.45) is 5.41 Å². The molecule has 1 aromatic heterocycles. The van der Waals surface area contributed by atoms with Crippen LogP contribution in [0.4, 0.5) is 5.82 Å². The normalized spacial score (nSPS) is 19.6. The Morgan fingerprint density at radius 1 is 1.07 bits per heavy atom. The van der Waals surface area contributed by atoms with E-state index in [0.29, 0.717) is 16.9 Å². The van der Waals surface area contributed by atoms with Crippen LogP contribution in [0.1, 0.15) is 33.1 Å². The molecule has 2 fully saturated rings. The molecule has 1 spiro atoms. The van der Waals surface area contributed by atoms with Crippen LogP contribution >= 0.6 is 11.9 Å². The minimum Gasteiger partial charge on any atom is -0.493 e. The summed E-state index contributed by atoms with van der Waals surface area (Å²) in [5, 5.41) is 11.0. The van der Waals surface area contributed by atoms with Gasteiger partial charge in [0.25, 0.3) is 0 Å². The molecule has 30 heavy (non-hydrogen) atoms. The van der Waals surface area contributed by atoms with E-state index in [2.05, 4.69) is 19.2 Å². The van der Waals surface area contributed by atoms with Crippen LogP contribution in [0.5, 0.6) is 11.5 Å². The molecule has 2 aliphatic rings. The summed E-state index contributed by atoms with van der Waals surface area (Å²) in [6, 6.07) is 3.90. The van der Waals surface area contributed by atoms with Gasteiger partial charge in [0.05, 0.1) is 25.3 Å². The summed E-state index contributed by atoms with van der Waals surface area (Å²) >= 11 is 1.79. The van der Waals surface area contributed by atoms with Gasteiger partial charge in [-0.15, -0.1) is 0 Å². The molecule has 0 bridgehead atoms. The van der Waals surface area contributed by atoms with E-state index >= 15 is 0 Å². The third-order valence-electron chi connectivity index (χ3n) is 6.25. The number of aliphatic hydroxyl groups is 1. The molecular weight excluding hydrogens is 400 g/mol. The summed E-state index contributed by atoms with van der Waals surface area (Å²) in [4.78, 5) is 11.4. The van der Waals surface area contributed by atoms with Crippen LogP contribution in [0.2, 0.25) is 0 Å². The first kappa shape index (κ1) is 21.5. The van der Waals surface area contributed by atoms with Crippen LogP contribution in [-0.2, 0) is 0 Å². The van der Waals surface area contributed by atoms with Crippen LogP contribution in [0, 0.1) is 5.41 Å². The standard InChI is InChI=1S/C22H32N4O3S/c1-21(2,27)14-30-26-10-7-22(13-26)5-8-25(9-6-22)20-16-11-18(28-3)19(29-4)12-17(16)23-15-24-20/h11-12,15,27H,5-10,13-14H2,1-4H3. The van der Waals surface area contributed by atoms with E-state index in [9.17, 15) is 5.11 Å². The number of ether oxygens (including phenoxy) is 2. The molecule has 4 rings (SSSR count). The molecule has 0 atom stereocenters. The van der Waals surface area contributed by atoms with E-state index in [0.717, 1.165) is 61.5 Å². The number of benzene rings is 1. The van der Waals surface area contributed by atoms with Gasteiger partial charge in [0.1, 0.15) is 12.1 Å². The number of methoxy groups -OCH3 is 2. The van der Waals surface area contributed by atoms with Gasteiger partial charge >= 0.3 is 0 Å². The minimum atomic E-state index is -0.623. The molecule has 7 nitrogen and oxygen atoms in total. The molecule has 8 heteroatoms. The maximum Gasteiger partial charge on any atom is 0.162 e. The third kappa shape index (κ3) is 4.45. The first-order valence-electron chi connectivity index (χ1n) is 10.5. The summed E-state index contributed by atoms with van der Waals surface area (Å²) in [5.74, 6) is 3.10. The third-order valence-corrected chi connectivity index (χ3v) is 7.76. The highest BCUT2D eigenvalue weighted by Gasteiger charge is 2.41. The van der Waals surface area contributed by atoms with Crippen molar-refractivity contribution in [3.05, 3.63) is 18.5 Å². The number of piperidine rings is 1. The SMILES string of the molecule is COc1cc2ncnc(N3CCC4(CCN(SCC(C)(C)O)C4)CC3)c2cc1OC. The molecule has 3 heterocycles. The second-order valence-corrected chi connectivity index (χ2v) is 10.2. The minimum absolute atomic E-state index is 0.382. The summed E-state index contributed by atoms with van der Waals surface area (Å²) < 4.78 is 13.4. The van der Waals surface area contributed by atoms with Gasteiger partial charge in [-0.3, -0.25) is 0 Å². The lowest BCUT2D eigenvalue weighted by Crippen LogP contribution is -2.41. The fraction of sp³-hybridized carbons (Fsp3) is 0.636. The van der Waals surface area contributed by atoms with Crippen LogP contribution in [0.15, 0.2) is 18.5 Å². The number of hydrogen-bond acceptors (Lipinski definition) is 8. The fourth-order valence-corrected chi connectivity index (χ4v) is 5.56. The Morgan fingerprint density at radius 2 is 1.73 bits per heavy atom. The Hall–Kier alpha value is -1.77. The van der Waals surface area contributed by atoms with Crippen LogP contribution in [-0.4, -0.2) is 71.1 Å². The van der Waals surface area contributed by atoms with Crippen molar-refractivity contribution >= 4 is 28.7 Å². The average molecular weight is 433 g/mol. The second-order valence-electron chi connectivity index (χ2n) is 9.11. The largest absolute Gasteiger partial charge is 0.493 e. The molecule has 2 saturated heterocycles. The van der Waals surface area contributed by atoms with Gasteiger partial charge < -0.3 is 19.5 Å². The van der Waals surface area contributed by atoms with Crippen molar-refractivity contribution in [2.75, 3.05) is 51.1 Å². The van der Waals surface area contributed by atoms with Crippen molar-refractivity contribution in [2.45, 2.75) is 38.7 Å². The lowest BCUT2D eigenvalue weighted by molar-refractivity contribution is 0.106. The second kappa shape index (κ2) is 8.40. The molecule has 2 aliphatic heterocycles. The van der Waals surface area contributed by atoms with Crippen molar-refractivity contribution in [3.8, 4) is 11.5 Å². The van der Waals surface area contributed by atoms with E-state index in [1.54, 1.807) is 32.5 Å². The molecule has 0 amide bonds. The smallest absolute Gasteiger partial charge is 0.162 e. The zero-order valence-electron chi connectivity index (χ0n) is 18.3. The Labute approximate surface area is 182 Å². The van der Waals surface area contributed by atoms with Crippen molar-refractivity contribution in [1.29, 1.82) is 0 Å². The van der Waals surface area contributed by atoms with Gasteiger partial charge in [-0.05, 0) is 44.6 Å². The van der Waals surface area contributed by atoms with Gasteiger partial charge in [0.15, 0.2) is 11.5 Å². The van der Waals surface area contributed by atoms with Crippen molar-refractivity contribution in [1.82, 2.24) is 14.3 Å². The molecule has 0 aliphatic carbocycles. The van der Waals surface area contributed by atoms with Gasteiger partial charge in [-0.25, -0.2) is 14.3 Å². The topological polar surface area (TPSA) is 71.0 Å². The Balaban J connectivity index is 1.46. The van der Waals surface area contributed by atoms with Crippen molar-refractivity contribution in [3.63, 3.8) is 0 Å². The highest BCUT2D eigenvalue weighted by atomic mass is 32.2. The molecule has 0 radical (unpaired) electrons. The van der Waals surface area contributed by atoms with E-state index in [1.165, 1.54) is 6.42 Å². The first-order chi connectivity index (χ1) is 14.3. The molecule has 0 saturated carbocycles. The molecule has 164 valence electrons. The highest BCUT2D eigenvalue weighted by Crippen LogP contribution is 2.44. The van der Waals surface area contributed by atoms with Gasteiger partial charge in [0, 0.05) is 43.4 Å². The number of aromatic nitrogens is 2. The van der Waals surface area contributed by atoms with Crippen molar-refractivity contribution < 1.29 is 14.6 Å². The van der Waals surface area contributed by atoms with Crippen LogP contribution in [0.3, 0.4) is 0 Å². The zero-order chi connectivity index (χ0) is 21.4. The van der Waals surface area contributed by atoms with E-state index in [-0.39, 0.29) is 0 Å². The number of anilines is 1. The number of nitrogens with zero attached hydrogens (tertiary/aromatic N) is 4. The van der Waals surface area contributed by atoms with Gasteiger partial charge in [-0.2, -0.15) is 0 Å². The predicted molar refractivity (Wildman–Crippen MR) is 121 cm³/mol. The summed E-state index contributed by atoms with van der Waals surface area (Å²) in [6.45, 7) is 7.95. The number of fused-ring (bicyclic) bond motifs is 1. The quantitative estimate of drug-likeness (QED) is 0.697. The maximum absolute atomic E-state index is 10.0. The summed E-state index contributed by atoms with van der Waals surface area (Å²) in [7, 11) is 3.29. The number of rotatable bonds is 6. The molecule has 1 N–H and O–H groups in total. The predicted octanol–water partition coefficient (Wildman–Crippen LogP) is 3.36. The van der Waals surface area contributed by atoms with Gasteiger partial charge in [0.2, 0.25) is 0 Å². The summed E-state index contributed by atoms with van der Waals surface area (Å²) in [5.41, 5.74) is 0.627. The average Bonchev–Trinajstić information content (AvgIpc) is 3.13. The Kier molecular flexibility index (Phi) is 6.01. The highest BCUT2D eigenvalue weighted by molar-refractivity contribution is 7.97. The Bertz CT molecular complexity index is 894. The lowest BCUT2D eigenvalue weighted by Gasteiger charge is -2.40. The van der Waals surface area contributed by atoms with E-state index in [4.69, 9.17) is 9.47 Å². The molecular formula is C22H32N4O3S. The zero-order valence-corrected chi connectivity index (χ0v) is 19.2. The summed E-state index contributed by atoms with van der Waals surface area (Å²) in [6.07, 6.45) is 5.19. The monoisotopic (exact) mass is 432 g/mol. The van der Waals surface area contributed by atoms with Crippen LogP contribution < -0.4 is 14.4 Å². The molecule has 1 aromatic carbocycles. The molecule has 2 aromatic rings. The Morgan fingerprint density at radius 3 is 2.40 bits per heavy atom. The van der Waals surface area contributed by atoms with Gasteiger partial charge in [-0.1, -0.05) is 11.9 Å². The first-order valence-corrected chi connectivity index (χ1v) is 11.5. The van der Waals surface area contributed by atoms with Crippen LogP contribution in [0.25, 0.3) is 10.9 Å². The maximum atomic E-state index is 10.0. The fourth-order valence-electron chi connectivity index (χ4n) is 4.48. The van der Waals surface area contributed by atoms with E-state index in [1.807, 2.05) is 26.0 Å². The number of hydrogen-bond donors (Lipinski definition) is 1.